The molecule has 7 nitrogen and oxygen atoms in total. The molecule has 0 aliphatic carbocycles. The first-order valence-electron chi connectivity index (χ1n) is 5.89. The maximum atomic E-state index is 13.6. The van der Waals surface area contributed by atoms with Crippen molar-refractivity contribution in [2.45, 2.75) is 20.0 Å². The third-order valence-corrected chi connectivity index (χ3v) is 2.38. The van der Waals surface area contributed by atoms with Crippen molar-refractivity contribution in [3.05, 3.63) is 33.6 Å². The first-order chi connectivity index (χ1) is 9.32. The minimum absolute atomic E-state index is 0.0214. The van der Waals surface area contributed by atoms with Gasteiger partial charge in [-0.05, 0) is 19.9 Å². The molecule has 2 N–H and O–H groups in total. The molecule has 0 fully saturated rings. The van der Waals surface area contributed by atoms with Crippen LogP contribution in [0.15, 0.2) is 12.1 Å². The number of anilines is 1. The normalized spacial score (nSPS) is 10.6. The number of benzene rings is 1. The predicted molar refractivity (Wildman–Crippen MR) is 69.6 cm³/mol. The van der Waals surface area contributed by atoms with Crippen molar-refractivity contribution in [2.75, 3.05) is 18.5 Å². The summed E-state index contributed by atoms with van der Waals surface area (Å²) >= 11 is 0. The summed E-state index contributed by atoms with van der Waals surface area (Å²) in [5, 5.41) is 22.2. The molecule has 0 radical (unpaired) electrons. The van der Waals surface area contributed by atoms with Gasteiger partial charge < -0.3 is 15.2 Å². The summed E-state index contributed by atoms with van der Waals surface area (Å²) in [6, 6.07) is 1.50. The maximum absolute atomic E-state index is 13.6. The molecule has 1 aromatic rings. The van der Waals surface area contributed by atoms with Gasteiger partial charge in [-0.1, -0.05) is 0 Å². The van der Waals surface area contributed by atoms with E-state index in [1.807, 2.05) is 13.8 Å². The van der Waals surface area contributed by atoms with Gasteiger partial charge in [-0.25, -0.2) is 9.18 Å². The third kappa shape index (κ3) is 4.16. The van der Waals surface area contributed by atoms with Crippen LogP contribution < -0.4 is 5.32 Å². The lowest BCUT2D eigenvalue weighted by molar-refractivity contribution is -0.385. The molecule has 0 bridgehead atoms. The minimum atomic E-state index is -1.49. The van der Waals surface area contributed by atoms with Gasteiger partial charge in [0.05, 0.1) is 29.4 Å². The molecule has 20 heavy (non-hydrogen) atoms. The third-order valence-electron chi connectivity index (χ3n) is 2.38. The SMILES string of the molecule is CC(C)OCCNc1cc(C(=O)O)c([N+](=O)[O-])cc1F. The van der Waals surface area contributed by atoms with Gasteiger partial charge in [0.2, 0.25) is 0 Å². The summed E-state index contributed by atoms with van der Waals surface area (Å²) in [5.74, 6) is -2.37. The van der Waals surface area contributed by atoms with Crippen LogP contribution in [0, 0.1) is 15.9 Å². The number of rotatable bonds is 7. The number of nitrogens with one attached hydrogen (secondary N) is 1. The van der Waals surface area contributed by atoms with Crippen LogP contribution in [-0.4, -0.2) is 35.3 Å². The first-order valence-corrected chi connectivity index (χ1v) is 5.89. The fraction of sp³-hybridized carbons (Fsp3) is 0.417. The highest BCUT2D eigenvalue weighted by Gasteiger charge is 2.23. The second kappa shape index (κ2) is 6.80. The van der Waals surface area contributed by atoms with E-state index in [-0.39, 0.29) is 18.3 Å². The lowest BCUT2D eigenvalue weighted by Gasteiger charge is -2.11. The van der Waals surface area contributed by atoms with Crippen molar-refractivity contribution < 1.29 is 24.0 Å². The number of carbonyl (C=O) groups is 1. The number of hydrogen-bond acceptors (Lipinski definition) is 5. The lowest BCUT2D eigenvalue weighted by atomic mass is 10.1. The molecule has 0 aliphatic heterocycles. The maximum Gasteiger partial charge on any atom is 0.342 e. The van der Waals surface area contributed by atoms with Crippen LogP contribution in [0.1, 0.15) is 24.2 Å². The van der Waals surface area contributed by atoms with Crippen LogP contribution in [0.4, 0.5) is 15.8 Å². The number of nitro groups is 1. The first kappa shape index (κ1) is 15.8. The van der Waals surface area contributed by atoms with E-state index in [1.165, 1.54) is 0 Å². The summed E-state index contributed by atoms with van der Waals surface area (Å²) in [6.45, 7) is 4.24. The number of ether oxygens (including phenoxy) is 1. The smallest absolute Gasteiger partial charge is 0.342 e. The molecule has 0 spiro atoms. The minimum Gasteiger partial charge on any atom is -0.477 e. The molecule has 110 valence electrons. The molecule has 1 rings (SSSR count). The Bertz CT molecular complexity index is 519. The largest absolute Gasteiger partial charge is 0.477 e. The van der Waals surface area contributed by atoms with E-state index in [0.717, 1.165) is 6.07 Å². The standard InChI is InChI=1S/C12H15FN2O5/c1-7(2)20-4-3-14-10-5-8(12(16)17)11(15(18)19)6-9(10)13/h5-7,14H,3-4H2,1-2H3,(H,16,17). The van der Waals surface area contributed by atoms with E-state index in [4.69, 9.17) is 9.84 Å². The van der Waals surface area contributed by atoms with E-state index in [0.29, 0.717) is 12.7 Å². The molecule has 0 aromatic heterocycles. The molecule has 1 aromatic carbocycles. The van der Waals surface area contributed by atoms with Gasteiger partial charge in [0.25, 0.3) is 5.69 Å². The van der Waals surface area contributed by atoms with Crippen LogP contribution in [-0.2, 0) is 4.74 Å². The van der Waals surface area contributed by atoms with Crippen LogP contribution >= 0.6 is 0 Å². The molecule has 0 aliphatic rings. The van der Waals surface area contributed by atoms with Crippen molar-refractivity contribution in [1.82, 2.24) is 0 Å². The molecule has 0 unspecified atom stereocenters. The Balaban J connectivity index is 2.90. The van der Waals surface area contributed by atoms with E-state index in [1.54, 1.807) is 0 Å². The molecular weight excluding hydrogens is 271 g/mol. The highest BCUT2D eigenvalue weighted by Crippen LogP contribution is 2.26. The van der Waals surface area contributed by atoms with E-state index in [2.05, 4.69) is 5.32 Å². The van der Waals surface area contributed by atoms with E-state index in [9.17, 15) is 19.3 Å². The van der Waals surface area contributed by atoms with Crippen LogP contribution in [0.2, 0.25) is 0 Å². The average molecular weight is 286 g/mol. The van der Waals surface area contributed by atoms with Gasteiger partial charge in [0.1, 0.15) is 5.56 Å². The quantitative estimate of drug-likeness (QED) is 0.453. The van der Waals surface area contributed by atoms with Gasteiger partial charge in [-0.3, -0.25) is 10.1 Å². The summed E-state index contributed by atoms with van der Waals surface area (Å²) in [4.78, 5) is 20.7. The van der Waals surface area contributed by atoms with Gasteiger partial charge >= 0.3 is 5.97 Å². The summed E-state index contributed by atoms with van der Waals surface area (Å²) < 4.78 is 18.9. The molecule has 0 saturated carbocycles. The van der Waals surface area contributed by atoms with Crippen molar-refractivity contribution in [3.8, 4) is 0 Å². The van der Waals surface area contributed by atoms with Crippen molar-refractivity contribution >= 4 is 17.3 Å². The van der Waals surface area contributed by atoms with E-state index >= 15 is 0 Å². The Morgan fingerprint density at radius 3 is 2.70 bits per heavy atom. The highest BCUT2D eigenvalue weighted by atomic mass is 19.1. The van der Waals surface area contributed by atoms with Gasteiger partial charge in [-0.15, -0.1) is 0 Å². The number of aromatic carboxylic acids is 1. The number of nitrogens with zero attached hydrogens (tertiary/aromatic N) is 1. The molecule has 0 saturated heterocycles. The molecule has 0 atom stereocenters. The summed E-state index contributed by atoms with van der Waals surface area (Å²) in [6.07, 6.45) is 0.0214. The van der Waals surface area contributed by atoms with E-state index < -0.39 is 28.0 Å². The van der Waals surface area contributed by atoms with Gasteiger partial charge in [0.15, 0.2) is 5.82 Å². The second-order valence-electron chi connectivity index (χ2n) is 4.26. The second-order valence-corrected chi connectivity index (χ2v) is 4.26. The molecule has 0 heterocycles. The molecular formula is C12H15FN2O5. The summed E-state index contributed by atoms with van der Waals surface area (Å²) in [7, 11) is 0. The Hall–Kier alpha value is -2.22. The topological polar surface area (TPSA) is 102 Å². The van der Waals surface area contributed by atoms with Crippen LogP contribution in [0.25, 0.3) is 0 Å². The zero-order chi connectivity index (χ0) is 15.3. The fourth-order valence-corrected chi connectivity index (χ4v) is 1.50. The molecule has 0 amide bonds. The van der Waals surface area contributed by atoms with Crippen molar-refractivity contribution in [1.29, 1.82) is 0 Å². The number of hydrogen-bond donors (Lipinski definition) is 2. The number of nitro benzene ring substituents is 1. The van der Waals surface area contributed by atoms with Crippen LogP contribution in [0.3, 0.4) is 0 Å². The van der Waals surface area contributed by atoms with Gasteiger partial charge in [-0.2, -0.15) is 0 Å². The Morgan fingerprint density at radius 1 is 1.55 bits per heavy atom. The number of carboxylic acid groups (broad SMARTS) is 1. The Kier molecular flexibility index (Phi) is 5.39. The van der Waals surface area contributed by atoms with Crippen LogP contribution in [0.5, 0.6) is 0 Å². The molecule has 8 heteroatoms. The monoisotopic (exact) mass is 286 g/mol. The zero-order valence-corrected chi connectivity index (χ0v) is 11.1. The van der Waals surface area contributed by atoms with Gasteiger partial charge in [0, 0.05) is 6.54 Å². The zero-order valence-electron chi connectivity index (χ0n) is 11.1. The highest BCUT2D eigenvalue weighted by molar-refractivity contribution is 5.93. The lowest BCUT2D eigenvalue weighted by Crippen LogP contribution is -2.14. The predicted octanol–water partition coefficient (Wildman–Crippen LogP) is 2.27. The Labute approximate surface area is 114 Å². The Morgan fingerprint density at radius 2 is 2.20 bits per heavy atom. The van der Waals surface area contributed by atoms with Crippen molar-refractivity contribution in [2.24, 2.45) is 0 Å². The number of halogens is 1. The van der Waals surface area contributed by atoms with Crippen molar-refractivity contribution in [3.63, 3.8) is 0 Å². The number of carboxylic acids is 1. The average Bonchev–Trinajstić information content (AvgIpc) is 2.34. The summed E-state index contributed by atoms with van der Waals surface area (Å²) in [5.41, 5.74) is -1.46. The fourth-order valence-electron chi connectivity index (χ4n) is 1.50.